The molecule has 0 aromatic heterocycles. The lowest BCUT2D eigenvalue weighted by Crippen LogP contribution is -2.17. The van der Waals surface area contributed by atoms with Gasteiger partial charge >= 0.3 is 6.36 Å². The number of carbonyl (C=O) groups excluding carboxylic acids is 1. The second kappa shape index (κ2) is 6.35. The van der Waals surface area contributed by atoms with E-state index < -0.39 is 23.8 Å². The summed E-state index contributed by atoms with van der Waals surface area (Å²) in [4.78, 5) is 11.9. The number of halogens is 5. The molecule has 2 rings (SSSR count). The fraction of sp³-hybridized carbons (Fsp3) is 0.0714. The molecule has 2 aromatic carbocycles. The Kier molecular flexibility index (Phi) is 4.70. The molecule has 1 amide bonds. The first-order valence-electron chi connectivity index (χ1n) is 5.87. The van der Waals surface area contributed by atoms with E-state index in [-0.39, 0.29) is 11.3 Å². The van der Waals surface area contributed by atoms with Gasteiger partial charge in [-0.05, 0) is 42.5 Å². The highest BCUT2D eigenvalue weighted by atomic mass is 79.9. The molecule has 0 aliphatic carbocycles. The molecule has 2 aromatic rings. The average Bonchev–Trinajstić information content (AvgIpc) is 2.41. The van der Waals surface area contributed by atoms with E-state index in [9.17, 15) is 22.4 Å². The number of anilines is 1. The van der Waals surface area contributed by atoms with E-state index in [2.05, 4.69) is 26.0 Å². The van der Waals surface area contributed by atoms with Crippen LogP contribution in [0.3, 0.4) is 0 Å². The summed E-state index contributed by atoms with van der Waals surface area (Å²) >= 11 is 3.08. The lowest BCUT2D eigenvalue weighted by Gasteiger charge is -2.10. The maximum Gasteiger partial charge on any atom is 0.573 e. The maximum atomic E-state index is 13.6. The first-order valence-corrected chi connectivity index (χ1v) is 6.66. The van der Waals surface area contributed by atoms with Crippen molar-refractivity contribution >= 4 is 27.5 Å². The van der Waals surface area contributed by atoms with Crippen LogP contribution in [0.5, 0.6) is 5.75 Å². The summed E-state index contributed by atoms with van der Waals surface area (Å²) in [6, 6.07) is 8.37. The topological polar surface area (TPSA) is 38.3 Å². The molecule has 0 radical (unpaired) electrons. The number of hydrogen-bond donors (Lipinski definition) is 1. The molecule has 0 heterocycles. The Balaban J connectivity index is 2.10. The maximum absolute atomic E-state index is 13.6. The SMILES string of the molecule is O=C(Nc1ccc(Br)cc1F)c1ccc(OC(F)(F)F)cc1. The van der Waals surface area contributed by atoms with Gasteiger partial charge in [0.2, 0.25) is 0 Å². The van der Waals surface area contributed by atoms with Crippen LogP contribution in [0.25, 0.3) is 0 Å². The van der Waals surface area contributed by atoms with Crippen molar-refractivity contribution < 1.29 is 27.1 Å². The minimum Gasteiger partial charge on any atom is -0.406 e. The van der Waals surface area contributed by atoms with E-state index in [4.69, 9.17) is 0 Å². The zero-order valence-electron chi connectivity index (χ0n) is 10.7. The Labute approximate surface area is 131 Å². The van der Waals surface area contributed by atoms with Gasteiger partial charge in [-0.2, -0.15) is 0 Å². The molecule has 3 nitrogen and oxygen atoms in total. The van der Waals surface area contributed by atoms with Crippen molar-refractivity contribution in [1.29, 1.82) is 0 Å². The van der Waals surface area contributed by atoms with E-state index >= 15 is 0 Å². The summed E-state index contributed by atoms with van der Waals surface area (Å²) in [5.74, 6) is -1.74. The van der Waals surface area contributed by atoms with Gasteiger partial charge in [0, 0.05) is 10.0 Å². The van der Waals surface area contributed by atoms with Crippen molar-refractivity contribution in [2.75, 3.05) is 5.32 Å². The van der Waals surface area contributed by atoms with Crippen LogP contribution in [-0.2, 0) is 0 Å². The first kappa shape index (κ1) is 16.3. The zero-order chi connectivity index (χ0) is 16.3. The van der Waals surface area contributed by atoms with E-state index in [1.165, 1.54) is 12.1 Å². The van der Waals surface area contributed by atoms with Crippen molar-refractivity contribution in [2.45, 2.75) is 6.36 Å². The molecule has 0 fully saturated rings. The summed E-state index contributed by atoms with van der Waals surface area (Å²) in [6.45, 7) is 0. The Morgan fingerprint density at radius 1 is 1.09 bits per heavy atom. The molecule has 0 aliphatic heterocycles. The minimum absolute atomic E-state index is 0.0381. The van der Waals surface area contributed by atoms with Crippen molar-refractivity contribution in [3.8, 4) is 5.75 Å². The fourth-order valence-corrected chi connectivity index (χ4v) is 1.93. The van der Waals surface area contributed by atoms with Crippen LogP contribution in [0.2, 0.25) is 0 Å². The number of nitrogens with one attached hydrogen (secondary N) is 1. The van der Waals surface area contributed by atoms with E-state index in [1.54, 1.807) is 6.07 Å². The molecule has 0 saturated carbocycles. The van der Waals surface area contributed by atoms with Gasteiger partial charge in [0.15, 0.2) is 0 Å². The third-order valence-electron chi connectivity index (χ3n) is 2.53. The lowest BCUT2D eigenvalue weighted by atomic mass is 10.2. The predicted molar refractivity (Wildman–Crippen MR) is 75.2 cm³/mol. The Hall–Kier alpha value is -2.09. The van der Waals surface area contributed by atoms with Gasteiger partial charge in [-0.1, -0.05) is 15.9 Å². The average molecular weight is 378 g/mol. The lowest BCUT2D eigenvalue weighted by molar-refractivity contribution is -0.274. The zero-order valence-corrected chi connectivity index (χ0v) is 12.3. The molecule has 0 atom stereocenters. The first-order chi connectivity index (χ1) is 10.2. The summed E-state index contributed by atoms with van der Waals surface area (Å²) in [7, 11) is 0. The van der Waals surface area contributed by atoms with Gasteiger partial charge < -0.3 is 10.1 Å². The van der Waals surface area contributed by atoms with Crippen LogP contribution in [0.4, 0.5) is 23.2 Å². The summed E-state index contributed by atoms with van der Waals surface area (Å²) < 4.78 is 53.8. The van der Waals surface area contributed by atoms with Gasteiger partial charge in [0.25, 0.3) is 5.91 Å². The molecular weight excluding hydrogens is 370 g/mol. The number of rotatable bonds is 3. The van der Waals surface area contributed by atoms with Crippen LogP contribution >= 0.6 is 15.9 Å². The standard InChI is InChI=1S/C14H8BrF4NO2/c15-9-3-6-12(11(16)7-9)20-13(21)8-1-4-10(5-2-8)22-14(17,18)19/h1-7H,(H,20,21). The highest BCUT2D eigenvalue weighted by molar-refractivity contribution is 9.10. The predicted octanol–water partition coefficient (Wildman–Crippen LogP) is 4.74. The van der Waals surface area contributed by atoms with Crippen molar-refractivity contribution in [1.82, 2.24) is 0 Å². The molecule has 0 saturated heterocycles. The van der Waals surface area contributed by atoms with Crippen molar-refractivity contribution in [3.63, 3.8) is 0 Å². The van der Waals surface area contributed by atoms with E-state index in [1.807, 2.05) is 0 Å². The molecular formula is C14H8BrF4NO2. The van der Waals surface area contributed by atoms with Crippen molar-refractivity contribution in [3.05, 3.63) is 58.3 Å². The smallest absolute Gasteiger partial charge is 0.406 e. The van der Waals surface area contributed by atoms with Gasteiger partial charge in [0.1, 0.15) is 11.6 Å². The number of hydrogen-bond acceptors (Lipinski definition) is 2. The Morgan fingerprint density at radius 3 is 2.27 bits per heavy atom. The molecule has 0 bridgehead atoms. The van der Waals surface area contributed by atoms with E-state index in [0.29, 0.717) is 4.47 Å². The Morgan fingerprint density at radius 2 is 1.73 bits per heavy atom. The summed E-state index contributed by atoms with van der Waals surface area (Å²) in [5, 5.41) is 2.32. The van der Waals surface area contributed by atoms with Crippen LogP contribution in [0.1, 0.15) is 10.4 Å². The largest absolute Gasteiger partial charge is 0.573 e. The van der Waals surface area contributed by atoms with E-state index in [0.717, 1.165) is 24.3 Å². The molecule has 8 heteroatoms. The summed E-state index contributed by atoms with van der Waals surface area (Å²) in [5.41, 5.74) is 0.0284. The molecule has 0 unspecified atom stereocenters. The fourth-order valence-electron chi connectivity index (χ4n) is 1.59. The van der Waals surface area contributed by atoms with Gasteiger partial charge in [-0.3, -0.25) is 4.79 Å². The number of benzene rings is 2. The number of amides is 1. The molecule has 1 N–H and O–H groups in total. The third kappa shape index (κ3) is 4.45. The van der Waals surface area contributed by atoms with Crippen molar-refractivity contribution in [2.24, 2.45) is 0 Å². The monoisotopic (exact) mass is 377 g/mol. The minimum atomic E-state index is -4.80. The van der Waals surface area contributed by atoms with Crippen LogP contribution in [0, 0.1) is 5.82 Å². The highest BCUT2D eigenvalue weighted by Crippen LogP contribution is 2.24. The molecule has 22 heavy (non-hydrogen) atoms. The van der Waals surface area contributed by atoms with Crippen LogP contribution < -0.4 is 10.1 Å². The van der Waals surface area contributed by atoms with Gasteiger partial charge in [-0.25, -0.2) is 4.39 Å². The quantitative estimate of drug-likeness (QED) is 0.784. The summed E-state index contributed by atoms with van der Waals surface area (Å²) in [6.07, 6.45) is -4.80. The second-order valence-electron chi connectivity index (χ2n) is 4.15. The van der Waals surface area contributed by atoms with Crippen LogP contribution in [-0.4, -0.2) is 12.3 Å². The van der Waals surface area contributed by atoms with Crippen LogP contribution in [0.15, 0.2) is 46.9 Å². The second-order valence-corrected chi connectivity index (χ2v) is 5.07. The number of alkyl halides is 3. The number of ether oxygens (including phenoxy) is 1. The molecule has 0 aliphatic rings. The molecule has 116 valence electrons. The Bertz CT molecular complexity index is 686. The number of carbonyl (C=O) groups is 1. The highest BCUT2D eigenvalue weighted by Gasteiger charge is 2.31. The van der Waals surface area contributed by atoms with Gasteiger partial charge in [-0.15, -0.1) is 13.2 Å². The normalized spacial score (nSPS) is 11.1. The van der Waals surface area contributed by atoms with Gasteiger partial charge in [0.05, 0.1) is 5.69 Å². The third-order valence-corrected chi connectivity index (χ3v) is 3.02. The molecule has 0 spiro atoms.